The van der Waals surface area contributed by atoms with Crippen molar-refractivity contribution in [3.8, 4) is 0 Å². The Hall–Kier alpha value is -1.63. The van der Waals surface area contributed by atoms with Gasteiger partial charge in [0.25, 0.3) is 0 Å². The number of fused-ring (bicyclic) bond motifs is 1. The smallest absolute Gasteiger partial charge is 0.408 e. The number of nitrogens with two attached hydrogens (primary N) is 2. The highest BCUT2D eigenvalue weighted by Crippen LogP contribution is 2.12. The maximum atomic E-state index is 11.1. The summed E-state index contributed by atoms with van der Waals surface area (Å²) in [6.45, 7) is 2.16. The summed E-state index contributed by atoms with van der Waals surface area (Å²) in [4.78, 5) is 15.9. The predicted molar refractivity (Wildman–Crippen MR) is 75.1 cm³/mol. The third kappa shape index (κ3) is 3.66. The van der Waals surface area contributed by atoms with Gasteiger partial charge in [-0.1, -0.05) is 6.07 Å². The van der Waals surface area contributed by atoms with E-state index in [9.17, 15) is 4.79 Å². The molecule has 1 aromatic carbocycles. The molecule has 0 bridgehead atoms. The Morgan fingerprint density at radius 2 is 2.26 bits per heavy atom. The lowest BCUT2D eigenvalue weighted by atomic mass is 10.1. The number of likely N-dealkylation sites (N-methyl/N-ethyl adjacent to an activating group) is 1. The van der Waals surface area contributed by atoms with E-state index in [0.717, 1.165) is 30.6 Å². The summed E-state index contributed by atoms with van der Waals surface area (Å²) < 4.78 is 4.96. The van der Waals surface area contributed by atoms with Crippen molar-refractivity contribution in [2.24, 2.45) is 11.5 Å². The first-order valence-corrected chi connectivity index (χ1v) is 6.34. The molecule has 1 aromatic heterocycles. The second kappa shape index (κ2) is 6.01. The summed E-state index contributed by atoms with van der Waals surface area (Å²) in [5.41, 5.74) is 13.8. The number of aromatic nitrogens is 1. The summed E-state index contributed by atoms with van der Waals surface area (Å²) in [5.74, 6) is -0.418. The van der Waals surface area contributed by atoms with Gasteiger partial charge in [0.05, 0.1) is 5.52 Å². The summed E-state index contributed by atoms with van der Waals surface area (Å²) in [6, 6.07) is 5.73. The molecule has 104 valence electrons. The number of nitrogens with zero attached hydrogens (tertiary/aromatic N) is 1. The van der Waals surface area contributed by atoms with Crippen molar-refractivity contribution in [1.29, 1.82) is 0 Å². The molecule has 1 unspecified atom stereocenters. The van der Waals surface area contributed by atoms with E-state index in [-0.39, 0.29) is 6.04 Å². The average molecular weight is 264 g/mol. The number of hydrogen-bond donors (Lipinski definition) is 3. The molecule has 2 rings (SSSR count). The van der Waals surface area contributed by atoms with E-state index in [2.05, 4.69) is 9.88 Å². The van der Waals surface area contributed by atoms with Crippen LogP contribution in [0.3, 0.4) is 0 Å². The second-order valence-corrected chi connectivity index (χ2v) is 4.85. The van der Waals surface area contributed by atoms with E-state index in [1.54, 1.807) is 0 Å². The standard InChI is InChI=1S/C13H20N4O2/c1-17(8-10(15)7-14)5-4-9-2-3-12-11(6-9)16-13(18)19-12/h2-3,6,10H,4-5,7-8,14-15H2,1H3,(H,16,18). The van der Waals surface area contributed by atoms with Crippen molar-refractivity contribution in [3.05, 3.63) is 34.3 Å². The lowest BCUT2D eigenvalue weighted by Gasteiger charge is -2.20. The molecule has 0 saturated carbocycles. The Bertz CT molecular complexity index is 590. The van der Waals surface area contributed by atoms with Gasteiger partial charge in [-0.05, 0) is 31.2 Å². The van der Waals surface area contributed by atoms with Crippen molar-refractivity contribution in [2.75, 3.05) is 26.7 Å². The zero-order chi connectivity index (χ0) is 13.8. The number of oxazole rings is 1. The van der Waals surface area contributed by atoms with Crippen LogP contribution in [0.4, 0.5) is 0 Å². The molecule has 0 spiro atoms. The van der Waals surface area contributed by atoms with Crippen molar-refractivity contribution < 1.29 is 4.42 Å². The molecule has 2 aromatic rings. The van der Waals surface area contributed by atoms with Crippen molar-refractivity contribution in [2.45, 2.75) is 12.5 Å². The predicted octanol–water partition coefficient (Wildman–Crippen LogP) is -0.119. The van der Waals surface area contributed by atoms with E-state index in [4.69, 9.17) is 15.9 Å². The fourth-order valence-corrected chi connectivity index (χ4v) is 2.04. The van der Waals surface area contributed by atoms with Gasteiger partial charge in [-0.3, -0.25) is 4.98 Å². The molecule has 6 heteroatoms. The number of H-pyrrole nitrogens is 1. The van der Waals surface area contributed by atoms with E-state index < -0.39 is 5.76 Å². The van der Waals surface area contributed by atoms with E-state index >= 15 is 0 Å². The summed E-state index contributed by atoms with van der Waals surface area (Å²) in [6.07, 6.45) is 0.886. The molecule has 0 fully saturated rings. The highest BCUT2D eigenvalue weighted by molar-refractivity contribution is 5.72. The molecule has 0 amide bonds. The third-order valence-corrected chi connectivity index (χ3v) is 3.11. The number of aromatic amines is 1. The monoisotopic (exact) mass is 264 g/mol. The first-order chi connectivity index (χ1) is 9.08. The lowest BCUT2D eigenvalue weighted by Crippen LogP contribution is -2.41. The fourth-order valence-electron chi connectivity index (χ4n) is 2.04. The van der Waals surface area contributed by atoms with Crippen molar-refractivity contribution in [1.82, 2.24) is 9.88 Å². The molecule has 0 aliphatic carbocycles. The summed E-state index contributed by atoms with van der Waals surface area (Å²) in [7, 11) is 2.02. The number of rotatable bonds is 6. The SMILES string of the molecule is CN(CCc1ccc2oc(=O)[nH]c2c1)CC(N)CN. The number of hydrogen-bond acceptors (Lipinski definition) is 5. The lowest BCUT2D eigenvalue weighted by molar-refractivity contribution is 0.316. The van der Waals surface area contributed by atoms with Crippen molar-refractivity contribution >= 4 is 11.1 Å². The van der Waals surface area contributed by atoms with Crippen LogP contribution in [0.25, 0.3) is 11.1 Å². The van der Waals surface area contributed by atoms with E-state index in [0.29, 0.717) is 12.1 Å². The minimum absolute atomic E-state index is 0.0118. The van der Waals surface area contributed by atoms with Crippen molar-refractivity contribution in [3.63, 3.8) is 0 Å². The minimum atomic E-state index is -0.418. The molecule has 0 aliphatic rings. The van der Waals surface area contributed by atoms with Crippen LogP contribution in [0.15, 0.2) is 27.4 Å². The molecule has 5 N–H and O–H groups in total. The third-order valence-electron chi connectivity index (χ3n) is 3.11. The molecular formula is C13H20N4O2. The number of benzene rings is 1. The van der Waals surface area contributed by atoms with Gasteiger partial charge in [0.15, 0.2) is 5.58 Å². The summed E-state index contributed by atoms with van der Waals surface area (Å²) in [5, 5.41) is 0. The molecule has 6 nitrogen and oxygen atoms in total. The van der Waals surface area contributed by atoms with Crippen LogP contribution in [0, 0.1) is 0 Å². The number of nitrogens with one attached hydrogen (secondary N) is 1. The fraction of sp³-hybridized carbons (Fsp3) is 0.462. The van der Waals surface area contributed by atoms with Crippen LogP contribution in [-0.2, 0) is 6.42 Å². The topological polar surface area (TPSA) is 101 Å². The molecule has 0 radical (unpaired) electrons. The Kier molecular flexibility index (Phi) is 4.36. The van der Waals surface area contributed by atoms with Crippen LogP contribution in [0.1, 0.15) is 5.56 Å². The van der Waals surface area contributed by atoms with Gasteiger partial charge >= 0.3 is 5.76 Å². The summed E-state index contributed by atoms with van der Waals surface area (Å²) >= 11 is 0. The van der Waals surface area contributed by atoms with Crippen LogP contribution in [0.2, 0.25) is 0 Å². The quantitative estimate of drug-likeness (QED) is 0.675. The van der Waals surface area contributed by atoms with Crippen LogP contribution in [-0.4, -0.2) is 42.6 Å². The van der Waals surface area contributed by atoms with Gasteiger partial charge in [0.2, 0.25) is 0 Å². The largest absolute Gasteiger partial charge is 0.417 e. The highest BCUT2D eigenvalue weighted by Gasteiger charge is 2.06. The molecule has 0 aliphatic heterocycles. The molecule has 1 heterocycles. The van der Waals surface area contributed by atoms with Gasteiger partial charge in [-0.15, -0.1) is 0 Å². The van der Waals surface area contributed by atoms with Gasteiger partial charge < -0.3 is 20.8 Å². The van der Waals surface area contributed by atoms with E-state index in [1.807, 2.05) is 25.2 Å². The molecule has 19 heavy (non-hydrogen) atoms. The zero-order valence-electron chi connectivity index (χ0n) is 11.1. The second-order valence-electron chi connectivity index (χ2n) is 4.85. The maximum absolute atomic E-state index is 11.1. The molecule has 1 atom stereocenters. The highest BCUT2D eigenvalue weighted by atomic mass is 16.4. The first-order valence-electron chi connectivity index (χ1n) is 6.34. The van der Waals surface area contributed by atoms with Crippen LogP contribution < -0.4 is 17.2 Å². The Morgan fingerprint density at radius 3 is 3.00 bits per heavy atom. The normalized spacial score (nSPS) is 13.3. The average Bonchev–Trinajstić information content (AvgIpc) is 2.75. The van der Waals surface area contributed by atoms with Crippen LogP contribution in [0.5, 0.6) is 0 Å². The Balaban J connectivity index is 1.95. The molecule has 0 saturated heterocycles. The Morgan fingerprint density at radius 1 is 1.47 bits per heavy atom. The minimum Gasteiger partial charge on any atom is -0.408 e. The van der Waals surface area contributed by atoms with Crippen LogP contribution >= 0.6 is 0 Å². The zero-order valence-corrected chi connectivity index (χ0v) is 11.1. The van der Waals surface area contributed by atoms with Gasteiger partial charge in [0, 0.05) is 25.7 Å². The van der Waals surface area contributed by atoms with E-state index in [1.165, 1.54) is 0 Å². The van der Waals surface area contributed by atoms with Gasteiger partial charge in [-0.25, -0.2) is 4.79 Å². The first kappa shape index (κ1) is 13.8. The van der Waals surface area contributed by atoms with Gasteiger partial charge in [0.1, 0.15) is 0 Å². The molecular weight excluding hydrogens is 244 g/mol. The maximum Gasteiger partial charge on any atom is 0.417 e. The van der Waals surface area contributed by atoms with Gasteiger partial charge in [-0.2, -0.15) is 0 Å². The Labute approximate surface area is 111 Å².